The summed E-state index contributed by atoms with van der Waals surface area (Å²) in [5.41, 5.74) is 1.96. The zero-order valence-electron chi connectivity index (χ0n) is 13.7. The fourth-order valence-electron chi connectivity index (χ4n) is 1.71. The van der Waals surface area contributed by atoms with Crippen molar-refractivity contribution in [1.82, 2.24) is 0 Å². The Morgan fingerprint density at radius 3 is 1.42 bits per heavy atom. The largest absolute Gasteiger partial charge is 2.00 e. The molecule has 2 aromatic carbocycles. The predicted octanol–water partition coefficient (Wildman–Crippen LogP) is 1.15. The van der Waals surface area contributed by atoms with Crippen LogP contribution in [0, 0.1) is 0 Å². The third kappa shape index (κ3) is 12.0. The van der Waals surface area contributed by atoms with Crippen molar-refractivity contribution in [3.63, 3.8) is 0 Å². The molecule has 0 aliphatic heterocycles. The van der Waals surface area contributed by atoms with E-state index in [4.69, 9.17) is 12.2 Å². The van der Waals surface area contributed by atoms with E-state index >= 15 is 0 Å². The Balaban J connectivity index is 0.000000543. The summed E-state index contributed by atoms with van der Waals surface area (Å²) in [5.74, 6) is -2.45. The topological polar surface area (TPSA) is 104 Å². The zero-order valence-corrected chi connectivity index (χ0v) is 15.5. The molecule has 0 fully saturated rings. The molecule has 2 aromatic rings. The molecule has 141 valence electrons. The minimum absolute atomic E-state index is 0. The molecule has 0 aliphatic carbocycles. The van der Waals surface area contributed by atoms with Crippen molar-refractivity contribution < 1.29 is 36.9 Å². The molecule has 0 aromatic heterocycles. The van der Waals surface area contributed by atoms with Gasteiger partial charge in [-0.15, -0.1) is 0 Å². The van der Waals surface area contributed by atoms with E-state index in [1.165, 1.54) is 0 Å². The number of carbonyl (C=O) groups excluding carboxylic acids is 2. The molecule has 0 atom stereocenters. The van der Waals surface area contributed by atoms with Crippen LogP contribution in [0.4, 0.5) is 11.4 Å². The molecular weight excluding hydrogens is 404 g/mol. The minimum Gasteiger partial charge on any atom is -0.550 e. The van der Waals surface area contributed by atoms with Crippen LogP contribution in [-0.2, 0) is 26.7 Å². The quantitative estimate of drug-likeness (QED) is 0.532. The third-order valence-electron chi connectivity index (χ3n) is 2.83. The standard InChI is InChI=1S/C13H12N2S.C5H8O4.Cu/c16-13(14-11-7-3-1-4-8-11)15-12-9-5-2-6-10-12;6-4(7)2-1-3-5(8)9;/h1-10H,(H2,14,15,16);1-3H2,(H,6,7)(H,8,9);/q;;+2/p-2. The average molecular weight is 422 g/mol. The van der Waals surface area contributed by atoms with Gasteiger partial charge in [-0.1, -0.05) is 36.4 Å². The molecule has 0 spiro atoms. The molecule has 1 radical (unpaired) electrons. The van der Waals surface area contributed by atoms with Crippen LogP contribution < -0.4 is 20.8 Å². The number of hydrogen-bond donors (Lipinski definition) is 2. The van der Waals surface area contributed by atoms with Crippen molar-refractivity contribution in [3.05, 3.63) is 60.7 Å². The van der Waals surface area contributed by atoms with Gasteiger partial charge >= 0.3 is 17.1 Å². The van der Waals surface area contributed by atoms with Crippen molar-refractivity contribution >= 4 is 40.6 Å². The normalized spacial score (nSPS) is 8.92. The Labute approximate surface area is 168 Å². The molecule has 2 N–H and O–H groups in total. The van der Waals surface area contributed by atoms with E-state index in [0.717, 1.165) is 11.4 Å². The number of hydrogen-bond acceptors (Lipinski definition) is 5. The van der Waals surface area contributed by atoms with Crippen LogP contribution in [0.1, 0.15) is 19.3 Å². The van der Waals surface area contributed by atoms with E-state index in [-0.39, 0.29) is 36.3 Å². The first-order valence-electron chi connectivity index (χ1n) is 7.55. The van der Waals surface area contributed by atoms with Crippen molar-refractivity contribution in [1.29, 1.82) is 0 Å². The average Bonchev–Trinajstić information content (AvgIpc) is 2.56. The van der Waals surface area contributed by atoms with E-state index in [2.05, 4.69) is 10.6 Å². The van der Waals surface area contributed by atoms with Gasteiger partial charge in [0, 0.05) is 23.3 Å². The molecule has 0 heterocycles. The molecule has 26 heavy (non-hydrogen) atoms. The number of nitrogens with one attached hydrogen (secondary N) is 2. The number of carboxylic acid groups (broad SMARTS) is 2. The first kappa shape index (κ1) is 23.6. The van der Waals surface area contributed by atoms with Gasteiger partial charge in [0.1, 0.15) is 0 Å². The van der Waals surface area contributed by atoms with Crippen LogP contribution in [0.5, 0.6) is 0 Å². The number of para-hydroxylation sites is 2. The predicted molar refractivity (Wildman–Crippen MR) is 96.6 cm³/mol. The molecule has 0 saturated heterocycles. The van der Waals surface area contributed by atoms with E-state index in [1.807, 2.05) is 60.7 Å². The Bertz CT molecular complexity index is 627. The second-order valence-corrected chi connectivity index (χ2v) is 5.32. The molecule has 8 heteroatoms. The Hall–Kier alpha value is -2.41. The molecule has 6 nitrogen and oxygen atoms in total. The number of rotatable bonds is 6. The summed E-state index contributed by atoms with van der Waals surface area (Å²) in [6.07, 6.45) is -0.341. The zero-order chi connectivity index (χ0) is 18.5. The van der Waals surface area contributed by atoms with Crippen LogP contribution in [0.15, 0.2) is 60.7 Å². The number of thiocarbonyl (C=S) groups is 1. The van der Waals surface area contributed by atoms with Crippen molar-refractivity contribution in [2.45, 2.75) is 19.3 Å². The molecule has 2 rings (SSSR count). The molecular formula is C18H18CuN2O4S. The number of benzene rings is 2. The maximum atomic E-state index is 9.66. The summed E-state index contributed by atoms with van der Waals surface area (Å²) in [7, 11) is 0. The summed E-state index contributed by atoms with van der Waals surface area (Å²) in [5, 5.41) is 26.1. The third-order valence-corrected chi connectivity index (χ3v) is 3.03. The van der Waals surface area contributed by atoms with Crippen LogP contribution in [0.2, 0.25) is 0 Å². The maximum absolute atomic E-state index is 9.66. The van der Waals surface area contributed by atoms with E-state index in [1.54, 1.807) is 0 Å². The van der Waals surface area contributed by atoms with E-state index in [9.17, 15) is 19.8 Å². The first-order valence-corrected chi connectivity index (χ1v) is 7.96. The Kier molecular flexibility index (Phi) is 12.6. The number of carbonyl (C=O) groups is 2. The molecule has 0 saturated carbocycles. The summed E-state index contributed by atoms with van der Waals surface area (Å²) < 4.78 is 0. The van der Waals surface area contributed by atoms with Gasteiger partial charge in [-0.05, 0) is 55.7 Å². The summed E-state index contributed by atoms with van der Waals surface area (Å²) in [6, 6.07) is 19.7. The van der Waals surface area contributed by atoms with Crippen LogP contribution in [0.25, 0.3) is 0 Å². The van der Waals surface area contributed by atoms with Gasteiger partial charge in [0.2, 0.25) is 0 Å². The van der Waals surface area contributed by atoms with E-state index in [0.29, 0.717) is 5.11 Å². The first-order chi connectivity index (χ1) is 12.0. The maximum Gasteiger partial charge on any atom is 2.00 e. The number of anilines is 2. The fraction of sp³-hybridized carbons (Fsp3) is 0.167. The summed E-state index contributed by atoms with van der Waals surface area (Å²) in [4.78, 5) is 19.3. The van der Waals surface area contributed by atoms with Crippen LogP contribution in [-0.4, -0.2) is 17.1 Å². The van der Waals surface area contributed by atoms with Gasteiger partial charge in [-0.3, -0.25) is 0 Å². The van der Waals surface area contributed by atoms with Gasteiger partial charge in [0.05, 0.1) is 0 Å². The minimum atomic E-state index is -1.23. The number of aliphatic carboxylic acids is 2. The molecule has 0 bridgehead atoms. The summed E-state index contributed by atoms with van der Waals surface area (Å²) >= 11 is 5.20. The Morgan fingerprint density at radius 1 is 0.769 bits per heavy atom. The molecule has 0 unspecified atom stereocenters. The summed E-state index contributed by atoms with van der Waals surface area (Å²) in [6.45, 7) is 0. The van der Waals surface area contributed by atoms with Gasteiger partial charge < -0.3 is 30.4 Å². The van der Waals surface area contributed by atoms with Crippen molar-refractivity contribution in [2.24, 2.45) is 0 Å². The van der Waals surface area contributed by atoms with Gasteiger partial charge in [0.15, 0.2) is 5.11 Å². The van der Waals surface area contributed by atoms with Gasteiger partial charge in [-0.2, -0.15) is 0 Å². The monoisotopic (exact) mass is 421 g/mol. The van der Waals surface area contributed by atoms with Crippen LogP contribution in [0.3, 0.4) is 0 Å². The van der Waals surface area contributed by atoms with Crippen LogP contribution >= 0.6 is 12.2 Å². The molecule has 0 aliphatic rings. The fourth-order valence-corrected chi connectivity index (χ4v) is 1.95. The van der Waals surface area contributed by atoms with Crippen molar-refractivity contribution in [3.8, 4) is 0 Å². The van der Waals surface area contributed by atoms with Gasteiger partial charge in [-0.25, -0.2) is 0 Å². The molecule has 0 amide bonds. The van der Waals surface area contributed by atoms with E-state index < -0.39 is 11.9 Å². The smallest absolute Gasteiger partial charge is 0.550 e. The second kappa shape index (κ2) is 13.8. The SMILES string of the molecule is O=C([O-])CCCC(=O)[O-].S=C(Nc1ccccc1)Nc1ccccc1.[Cu+2]. The second-order valence-electron chi connectivity index (χ2n) is 4.91. The number of carboxylic acids is 2. The Morgan fingerprint density at radius 2 is 1.12 bits per heavy atom. The van der Waals surface area contributed by atoms with Crippen molar-refractivity contribution in [2.75, 3.05) is 10.6 Å². The van der Waals surface area contributed by atoms with Gasteiger partial charge in [0.25, 0.3) is 0 Å².